The molecule has 2 aliphatic heterocycles. The van der Waals surface area contributed by atoms with Crippen molar-refractivity contribution in [1.29, 1.82) is 0 Å². The summed E-state index contributed by atoms with van der Waals surface area (Å²) in [5.74, 6) is 0.400. The van der Waals surface area contributed by atoms with Crippen molar-refractivity contribution in [1.82, 2.24) is 15.0 Å². The zero-order valence-electron chi connectivity index (χ0n) is 14.5. The van der Waals surface area contributed by atoms with Crippen molar-refractivity contribution in [2.24, 2.45) is 0 Å². The number of amides is 1. The van der Waals surface area contributed by atoms with E-state index in [0.29, 0.717) is 25.4 Å². The molecule has 138 valence electrons. The molecule has 2 fully saturated rings. The fourth-order valence-corrected chi connectivity index (χ4v) is 5.92. The minimum absolute atomic E-state index is 0.00549. The molecule has 4 rings (SSSR count). The number of carbonyl (C=O) groups is 1. The van der Waals surface area contributed by atoms with Crippen molar-refractivity contribution in [3.8, 4) is 0 Å². The van der Waals surface area contributed by atoms with Crippen LogP contribution in [0.3, 0.4) is 0 Å². The van der Waals surface area contributed by atoms with Crippen LogP contribution in [-0.2, 0) is 16.4 Å². The van der Waals surface area contributed by atoms with Crippen LogP contribution in [0.25, 0.3) is 0 Å². The van der Waals surface area contributed by atoms with Gasteiger partial charge in [0.1, 0.15) is 5.76 Å². The molecule has 1 aromatic carbocycles. The van der Waals surface area contributed by atoms with Gasteiger partial charge in [0.15, 0.2) is 15.5 Å². The normalized spacial score (nSPS) is 25.2. The number of fused-ring (bicyclic) bond motifs is 1. The maximum atomic E-state index is 12.8. The van der Waals surface area contributed by atoms with Crippen LogP contribution in [0.2, 0.25) is 0 Å². The average molecular weight is 375 g/mol. The molecule has 1 amide bonds. The molecule has 7 nitrogen and oxygen atoms in total. The van der Waals surface area contributed by atoms with Crippen LogP contribution < -0.4 is 0 Å². The summed E-state index contributed by atoms with van der Waals surface area (Å²) in [7, 11) is -3.18. The second-order valence-corrected chi connectivity index (χ2v) is 9.14. The van der Waals surface area contributed by atoms with Gasteiger partial charge >= 0.3 is 0 Å². The Labute approximate surface area is 152 Å². The summed E-state index contributed by atoms with van der Waals surface area (Å²) < 4.78 is 29.6. The zero-order valence-corrected chi connectivity index (χ0v) is 15.4. The van der Waals surface area contributed by atoms with Crippen molar-refractivity contribution in [3.05, 3.63) is 53.4 Å². The Morgan fingerprint density at radius 2 is 1.92 bits per heavy atom. The van der Waals surface area contributed by atoms with Gasteiger partial charge in [-0.05, 0) is 12.5 Å². The average Bonchev–Trinajstić information content (AvgIpc) is 3.18. The van der Waals surface area contributed by atoms with Gasteiger partial charge in [0.05, 0.1) is 17.5 Å². The summed E-state index contributed by atoms with van der Waals surface area (Å²) in [6, 6.07) is 11.0. The van der Waals surface area contributed by atoms with Gasteiger partial charge < -0.3 is 9.42 Å². The van der Waals surface area contributed by atoms with E-state index in [9.17, 15) is 13.2 Å². The molecular weight excluding hydrogens is 354 g/mol. The SMILES string of the molecule is Cc1cc(C(=O)N2CCN(Cc3ccccc3)[C@@H]3CS(=O)(=O)C[C@@H]32)no1. The van der Waals surface area contributed by atoms with Gasteiger partial charge in [-0.25, -0.2) is 8.42 Å². The lowest BCUT2D eigenvalue weighted by Gasteiger charge is -2.43. The second kappa shape index (κ2) is 6.51. The Balaban J connectivity index is 1.58. The van der Waals surface area contributed by atoms with Crippen molar-refractivity contribution < 1.29 is 17.7 Å². The molecule has 0 aliphatic carbocycles. The fraction of sp³-hybridized carbons (Fsp3) is 0.444. The highest BCUT2D eigenvalue weighted by atomic mass is 32.2. The molecule has 0 unspecified atom stereocenters. The summed E-state index contributed by atoms with van der Waals surface area (Å²) >= 11 is 0. The molecule has 0 spiro atoms. The first-order valence-electron chi connectivity index (χ1n) is 8.66. The number of carbonyl (C=O) groups excluding carboxylic acids is 1. The van der Waals surface area contributed by atoms with E-state index < -0.39 is 9.84 Å². The van der Waals surface area contributed by atoms with Gasteiger partial charge in [-0.1, -0.05) is 35.5 Å². The number of benzene rings is 1. The van der Waals surface area contributed by atoms with Gasteiger partial charge in [0.2, 0.25) is 0 Å². The van der Waals surface area contributed by atoms with E-state index in [1.165, 1.54) is 0 Å². The molecule has 0 saturated carbocycles. The molecule has 1 aromatic heterocycles. The molecule has 2 saturated heterocycles. The molecule has 2 aliphatic rings. The van der Waals surface area contributed by atoms with E-state index in [1.54, 1.807) is 17.9 Å². The van der Waals surface area contributed by atoms with Crippen molar-refractivity contribution in [2.75, 3.05) is 24.6 Å². The summed E-state index contributed by atoms with van der Waals surface area (Å²) in [5.41, 5.74) is 1.38. The van der Waals surface area contributed by atoms with Crippen LogP contribution in [0, 0.1) is 6.92 Å². The van der Waals surface area contributed by atoms with Crippen LogP contribution in [0.4, 0.5) is 0 Å². The first kappa shape index (κ1) is 17.2. The second-order valence-electron chi connectivity index (χ2n) is 6.99. The lowest BCUT2D eigenvalue weighted by molar-refractivity contribution is 0.0298. The zero-order chi connectivity index (χ0) is 18.3. The fourth-order valence-electron chi connectivity index (χ4n) is 3.91. The quantitative estimate of drug-likeness (QED) is 0.799. The van der Waals surface area contributed by atoms with Crippen LogP contribution in [0.15, 0.2) is 40.9 Å². The Morgan fingerprint density at radius 3 is 2.62 bits per heavy atom. The number of piperazine rings is 1. The van der Waals surface area contributed by atoms with Gasteiger partial charge in [0, 0.05) is 31.7 Å². The maximum Gasteiger partial charge on any atom is 0.276 e. The van der Waals surface area contributed by atoms with Crippen LogP contribution >= 0.6 is 0 Å². The highest BCUT2D eigenvalue weighted by Crippen LogP contribution is 2.29. The lowest BCUT2D eigenvalue weighted by atomic mass is 10.0. The minimum Gasteiger partial charge on any atom is -0.361 e. The van der Waals surface area contributed by atoms with Gasteiger partial charge in [0.25, 0.3) is 5.91 Å². The smallest absolute Gasteiger partial charge is 0.276 e. The summed E-state index contributed by atoms with van der Waals surface area (Å²) in [6.07, 6.45) is 0. The van der Waals surface area contributed by atoms with Crippen molar-refractivity contribution >= 4 is 15.7 Å². The number of aromatic nitrogens is 1. The van der Waals surface area contributed by atoms with Crippen molar-refractivity contribution in [2.45, 2.75) is 25.6 Å². The van der Waals surface area contributed by atoms with Gasteiger partial charge in [-0.3, -0.25) is 9.69 Å². The van der Waals surface area contributed by atoms with Crippen LogP contribution in [-0.4, -0.2) is 66.0 Å². The monoisotopic (exact) mass is 375 g/mol. The molecule has 26 heavy (non-hydrogen) atoms. The van der Waals surface area contributed by atoms with E-state index >= 15 is 0 Å². The van der Waals surface area contributed by atoms with Crippen LogP contribution in [0.1, 0.15) is 21.8 Å². The molecule has 0 radical (unpaired) electrons. The first-order valence-corrected chi connectivity index (χ1v) is 10.5. The third-order valence-corrected chi connectivity index (χ3v) is 6.83. The van der Waals surface area contributed by atoms with Gasteiger partial charge in [-0.15, -0.1) is 0 Å². The van der Waals surface area contributed by atoms with Gasteiger partial charge in [-0.2, -0.15) is 0 Å². The Morgan fingerprint density at radius 1 is 1.19 bits per heavy atom. The van der Waals surface area contributed by atoms with Crippen molar-refractivity contribution in [3.63, 3.8) is 0 Å². The molecule has 3 heterocycles. The summed E-state index contributed by atoms with van der Waals surface area (Å²) in [5, 5.41) is 3.80. The highest BCUT2D eigenvalue weighted by Gasteiger charge is 2.48. The number of hydrogen-bond donors (Lipinski definition) is 0. The number of aryl methyl sites for hydroxylation is 1. The Bertz CT molecular complexity index is 910. The third kappa shape index (κ3) is 3.26. The third-order valence-electron chi connectivity index (χ3n) is 5.13. The number of sulfone groups is 1. The minimum atomic E-state index is -3.18. The van der Waals surface area contributed by atoms with Crippen LogP contribution in [0.5, 0.6) is 0 Å². The predicted molar refractivity (Wildman–Crippen MR) is 95.4 cm³/mol. The first-order chi connectivity index (χ1) is 12.4. The van der Waals surface area contributed by atoms with E-state index in [-0.39, 0.29) is 35.2 Å². The van der Waals surface area contributed by atoms with E-state index in [4.69, 9.17) is 4.52 Å². The highest BCUT2D eigenvalue weighted by molar-refractivity contribution is 7.91. The molecule has 2 atom stereocenters. The molecule has 2 aromatic rings. The maximum absolute atomic E-state index is 12.8. The number of nitrogens with zero attached hydrogens (tertiary/aromatic N) is 3. The number of rotatable bonds is 3. The lowest BCUT2D eigenvalue weighted by Crippen LogP contribution is -2.60. The Kier molecular flexibility index (Phi) is 4.32. The van der Waals surface area contributed by atoms with E-state index in [0.717, 1.165) is 5.56 Å². The van der Waals surface area contributed by atoms with E-state index in [1.807, 2.05) is 30.3 Å². The predicted octanol–water partition coefficient (Wildman–Crippen LogP) is 1.11. The molecule has 0 N–H and O–H groups in total. The van der Waals surface area contributed by atoms with E-state index in [2.05, 4.69) is 10.1 Å². The molecule has 8 heteroatoms. The standard InChI is InChI=1S/C18H21N3O4S/c1-13-9-15(19-25-13)18(22)21-8-7-20(10-14-5-3-2-4-6-14)16-11-26(23,24)12-17(16)21/h2-6,9,16-17H,7-8,10-12H2,1H3/t16-,17+/m1/s1. The molecule has 0 bridgehead atoms. The number of hydrogen-bond acceptors (Lipinski definition) is 6. The topological polar surface area (TPSA) is 83.7 Å². The Hall–Kier alpha value is -2.19. The largest absolute Gasteiger partial charge is 0.361 e. The summed E-state index contributed by atoms with van der Waals surface area (Å²) in [6.45, 7) is 3.52. The molecular formula is C18H21N3O4S. The summed E-state index contributed by atoms with van der Waals surface area (Å²) in [4.78, 5) is 16.7.